The Morgan fingerprint density at radius 1 is 0.938 bits per heavy atom. The highest BCUT2D eigenvalue weighted by molar-refractivity contribution is 7.90. The number of carboxylic acid groups (broad SMARTS) is 1. The van der Waals surface area contributed by atoms with Gasteiger partial charge in [-0.15, -0.1) is 0 Å². The SMILES string of the molecule is O=C(O)[C@@]1(N(CCNS(=O)(=O)C(F)(F)F)S(=O)(=O)c2ccc(-c3ccc(Cl)cc3)cc2)C[C@H]1c1cccc(NCCN2CCCCC2)c1. The molecule has 2 fully saturated rings. The van der Waals surface area contributed by atoms with Crippen molar-refractivity contribution in [3.05, 3.63) is 83.4 Å². The summed E-state index contributed by atoms with van der Waals surface area (Å²) in [6, 6.07) is 19.3. The molecule has 10 nitrogen and oxygen atoms in total. The third-order valence-electron chi connectivity index (χ3n) is 8.77. The van der Waals surface area contributed by atoms with Crippen LogP contribution in [0.1, 0.15) is 37.2 Å². The van der Waals surface area contributed by atoms with E-state index in [0.29, 0.717) is 32.7 Å². The molecule has 1 aliphatic heterocycles. The maximum atomic E-state index is 14.1. The van der Waals surface area contributed by atoms with E-state index in [4.69, 9.17) is 11.6 Å². The number of hydrogen-bond acceptors (Lipinski definition) is 7. The van der Waals surface area contributed by atoms with E-state index >= 15 is 0 Å². The van der Waals surface area contributed by atoms with Gasteiger partial charge in [-0.25, -0.2) is 21.6 Å². The number of carboxylic acids is 1. The maximum absolute atomic E-state index is 14.1. The molecular weight excluding hydrogens is 693 g/mol. The summed E-state index contributed by atoms with van der Waals surface area (Å²) >= 11 is 5.96. The zero-order chi connectivity index (χ0) is 34.7. The van der Waals surface area contributed by atoms with E-state index < -0.39 is 56.1 Å². The number of nitrogens with one attached hydrogen (secondary N) is 2. The van der Waals surface area contributed by atoms with E-state index in [-0.39, 0.29) is 11.3 Å². The number of halogens is 4. The van der Waals surface area contributed by atoms with Gasteiger partial charge in [-0.2, -0.15) is 17.5 Å². The van der Waals surface area contributed by atoms with Gasteiger partial charge in [0.25, 0.3) is 0 Å². The summed E-state index contributed by atoms with van der Waals surface area (Å²) in [6.45, 7) is 1.64. The Morgan fingerprint density at radius 3 is 2.17 bits per heavy atom. The van der Waals surface area contributed by atoms with Crippen LogP contribution in [-0.2, 0) is 24.8 Å². The molecule has 48 heavy (non-hydrogen) atoms. The number of aliphatic carboxylic acids is 1. The summed E-state index contributed by atoms with van der Waals surface area (Å²) in [5, 5.41) is 14.4. The molecule has 1 saturated heterocycles. The van der Waals surface area contributed by atoms with Crippen molar-refractivity contribution in [2.24, 2.45) is 0 Å². The van der Waals surface area contributed by atoms with Crippen molar-refractivity contribution in [2.45, 2.75) is 47.5 Å². The lowest BCUT2D eigenvalue weighted by molar-refractivity contribution is -0.143. The van der Waals surface area contributed by atoms with Gasteiger partial charge in [0.05, 0.1) is 4.90 Å². The molecule has 1 aliphatic carbocycles. The van der Waals surface area contributed by atoms with E-state index in [1.165, 1.54) is 35.4 Å². The molecule has 1 saturated carbocycles. The molecule has 3 aromatic carbocycles. The highest BCUT2D eigenvalue weighted by atomic mass is 35.5. The minimum atomic E-state index is -5.82. The normalized spacial score (nSPS) is 20.5. The van der Waals surface area contributed by atoms with Crippen molar-refractivity contribution < 1.29 is 39.9 Å². The van der Waals surface area contributed by atoms with Crippen LogP contribution in [0.15, 0.2) is 77.7 Å². The number of sulfonamides is 2. The molecule has 2 aliphatic rings. The Bertz CT molecular complexity index is 1820. The van der Waals surface area contributed by atoms with Gasteiger partial charge in [0, 0.05) is 42.8 Å². The molecule has 0 bridgehead atoms. The Hall–Kier alpha value is -3.21. The van der Waals surface area contributed by atoms with Gasteiger partial charge < -0.3 is 15.3 Å². The first-order valence-electron chi connectivity index (χ1n) is 15.4. The summed E-state index contributed by atoms with van der Waals surface area (Å²) < 4.78 is 92.8. The van der Waals surface area contributed by atoms with Crippen LogP contribution < -0.4 is 10.0 Å². The fourth-order valence-corrected chi connectivity index (χ4v) is 8.58. The Kier molecular flexibility index (Phi) is 10.8. The van der Waals surface area contributed by atoms with Gasteiger partial charge in [-0.3, -0.25) is 4.79 Å². The van der Waals surface area contributed by atoms with E-state index in [2.05, 4.69) is 10.2 Å². The molecule has 0 radical (unpaired) electrons. The summed E-state index contributed by atoms with van der Waals surface area (Å²) in [7, 11) is -10.5. The maximum Gasteiger partial charge on any atom is 0.511 e. The molecule has 0 unspecified atom stereocenters. The highest BCUT2D eigenvalue weighted by Gasteiger charge is 2.68. The largest absolute Gasteiger partial charge is 0.511 e. The second kappa shape index (κ2) is 14.3. The molecular formula is C32H36ClF3N4O6S2. The second-order valence-electron chi connectivity index (χ2n) is 11.9. The molecule has 5 rings (SSSR count). The Morgan fingerprint density at radius 2 is 1.56 bits per heavy atom. The average Bonchev–Trinajstić information content (AvgIpc) is 3.80. The molecule has 0 spiro atoms. The number of nitrogens with zero attached hydrogens (tertiary/aromatic N) is 2. The topological polar surface area (TPSA) is 136 Å². The summed E-state index contributed by atoms with van der Waals surface area (Å²) in [6.07, 6.45) is 3.35. The van der Waals surface area contributed by atoms with Gasteiger partial charge in [-0.05, 0) is 85.4 Å². The minimum absolute atomic E-state index is 0.173. The lowest BCUT2D eigenvalue weighted by atomic mass is 10.0. The first-order chi connectivity index (χ1) is 22.6. The van der Waals surface area contributed by atoms with Crippen LogP contribution in [0.3, 0.4) is 0 Å². The van der Waals surface area contributed by atoms with Gasteiger partial charge >= 0.3 is 21.5 Å². The molecule has 3 aromatic rings. The van der Waals surface area contributed by atoms with E-state index in [9.17, 15) is 39.9 Å². The quantitative estimate of drug-likeness (QED) is 0.202. The third kappa shape index (κ3) is 7.81. The summed E-state index contributed by atoms with van der Waals surface area (Å²) in [5.41, 5.74) is -5.12. The summed E-state index contributed by atoms with van der Waals surface area (Å²) in [4.78, 5) is 15.0. The Labute approximate surface area is 283 Å². The van der Waals surface area contributed by atoms with Crippen molar-refractivity contribution in [3.63, 3.8) is 0 Å². The predicted octanol–water partition coefficient (Wildman–Crippen LogP) is 5.35. The van der Waals surface area contributed by atoms with Crippen LogP contribution in [0, 0.1) is 0 Å². The van der Waals surface area contributed by atoms with Gasteiger partial charge in [0.2, 0.25) is 10.0 Å². The van der Waals surface area contributed by atoms with Crippen LogP contribution >= 0.6 is 11.6 Å². The second-order valence-corrected chi connectivity index (χ2v) is 15.9. The van der Waals surface area contributed by atoms with Crippen molar-refractivity contribution in [1.29, 1.82) is 0 Å². The van der Waals surface area contributed by atoms with Gasteiger partial charge in [0.15, 0.2) is 0 Å². The smallest absolute Gasteiger partial charge is 0.480 e. The lowest BCUT2D eigenvalue weighted by Gasteiger charge is -2.30. The standard InChI is InChI=1S/C32H36ClF3N4O6S2/c33-26-11-7-23(8-12-26)24-9-13-28(14-10-24)47(43,44)40(20-16-38-48(45,46)32(34,35)36)31(30(41)42)22-29(31)25-5-4-6-27(21-25)37-15-19-39-17-2-1-3-18-39/h4-14,21,29,37-38H,1-3,15-20,22H2,(H,41,42)/t29-,31+/m0/s1. The fourth-order valence-electron chi connectivity index (χ4n) is 6.16. The summed E-state index contributed by atoms with van der Waals surface area (Å²) in [5.74, 6) is -2.36. The van der Waals surface area contributed by atoms with E-state index in [1.807, 2.05) is 6.07 Å². The Balaban J connectivity index is 1.42. The molecule has 260 valence electrons. The van der Waals surface area contributed by atoms with Crippen LogP contribution in [0.4, 0.5) is 18.9 Å². The minimum Gasteiger partial charge on any atom is -0.480 e. The number of anilines is 1. The number of carbonyl (C=O) groups is 1. The number of benzene rings is 3. The number of rotatable bonds is 14. The molecule has 3 N–H and O–H groups in total. The van der Waals surface area contributed by atoms with E-state index in [1.54, 1.807) is 42.5 Å². The number of piperidine rings is 1. The zero-order valence-corrected chi connectivity index (χ0v) is 28.2. The molecule has 1 heterocycles. The highest BCUT2D eigenvalue weighted by Crippen LogP contribution is 2.57. The molecule has 2 atom stereocenters. The molecule has 0 amide bonds. The van der Waals surface area contributed by atoms with Gasteiger partial charge in [-0.1, -0.05) is 54.4 Å². The van der Waals surface area contributed by atoms with Crippen molar-refractivity contribution in [3.8, 4) is 11.1 Å². The first-order valence-corrected chi connectivity index (χ1v) is 18.7. The van der Waals surface area contributed by atoms with Crippen molar-refractivity contribution in [1.82, 2.24) is 13.9 Å². The van der Waals surface area contributed by atoms with Crippen molar-refractivity contribution >= 4 is 43.3 Å². The van der Waals surface area contributed by atoms with Crippen LogP contribution in [0.25, 0.3) is 11.1 Å². The van der Waals surface area contributed by atoms with Crippen LogP contribution in [-0.4, -0.2) is 87.4 Å². The van der Waals surface area contributed by atoms with Gasteiger partial charge in [0.1, 0.15) is 5.54 Å². The monoisotopic (exact) mass is 728 g/mol. The third-order valence-corrected chi connectivity index (χ3v) is 12.2. The number of alkyl halides is 3. The fraction of sp³-hybridized carbons (Fsp3) is 0.406. The number of hydrogen-bond donors (Lipinski definition) is 3. The van der Waals surface area contributed by atoms with E-state index in [0.717, 1.165) is 38.0 Å². The average molecular weight is 729 g/mol. The first kappa shape index (κ1) is 36.1. The molecule has 0 aromatic heterocycles. The predicted molar refractivity (Wildman–Crippen MR) is 177 cm³/mol. The molecule has 16 heteroatoms. The zero-order valence-electron chi connectivity index (χ0n) is 25.8. The number of likely N-dealkylation sites (tertiary alicyclic amines) is 1. The van der Waals surface area contributed by atoms with Crippen LogP contribution in [0.5, 0.6) is 0 Å². The van der Waals surface area contributed by atoms with Crippen LogP contribution in [0.2, 0.25) is 5.02 Å². The lowest BCUT2D eigenvalue weighted by Crippen LogP contribution is -2.51. The van der Waals surface area contributed by atoms with Crippen molar-refractivity contribution in [2.75, 3.05) is 44.6 Å².